The van der Waals surface area contributed by atoms with Crippen molar-refractivity contribution >= 4 is 11.7 Å². The van der Waals surface area contributed by atoms with E-state index in [0.29, 0.717) is 35.8 Å². The van der Waals surface area contributed by atoms with Crippen molar-refractivity contribution < 1.29 is 23.5 Å². The number of carbonyl (C=O) groups is 2. The molecule has 1 aliphatic rings. The third-order valence-electron chi connectivity index (χ3n) is 4.08. The largest absolute Gasteiger partial charge is 0.490 e. The minimum absolute atomic E-state index is 0.0434. The third kappa shape index (κ3) is 4.59. The molecule has 0 unspecified atom stereocenters. The molecular weight excluding hydrogens is 337 g/mol. The molecule has 1 aliphatic heterocycles. The van der Waals surface area contributed by atoms with Crippen molar-refractivity contribution in [2.24, 2.45) is 0 Å². The van der Waals surface area contributed by atoms with Gasteiger partial charge in [0.15, 0.2) is 17.3 Å². The second kappa shape index (κ2) is 8.47. The van der Waals surface area contributed by atoms with E-state index in [1.54, 1.807) is 36.4 Å². The fourth-order valence-electron chi connectivity index (χ4n) is 2.63. The van der Waals surface area contributed by atoms with E-state index in [0.717, 1.165) is 6.42 Å². The Hall–Kier alpha value is -2.89. The lowest BCUT2D eigenvalue weighted by Gasteiger charge is -2.09. The van der Waals surface area contributed by atoms with Crippen LogP contribution in [-0.2, 0) is 11.3 Å². The maximum Gasteiger partial charge on any atom is 0.220 e. The van der Waals surface area contributed by atoms with Gasteiger partial charge in [0.25, 0.3) is 0 Å². The van der Waals surface area contributed by atoms with E-state index in [1.807, 2.05) is 0 Å². The number of ketones is 1. The van der Waals surface area contributed by atoms with Gasteiger partial charge in [-0.25, -0.2) is 4.39 Å². The first-order valence-electron chi connectivity index (χ1n) is 8.56. The van der Waals surface area contributed by atoms with Crippen LogP contribution in [0.3, 0.4) is 0 Å². The smallest absolute Gasteiger partial charge is 0.220 e. The quantitative estimate of drug-likeness (QED) is 0.806. The Labute approximate surface area is 151 Å². The van der Waals surface area contributed by atoms with Crippen molar-refractivity contribution in [1.29, 1.82) is 0 Å². The highest BCUT2D eigenvalue weighted by atomic mass is 19.1. The molecule has 0 fully saturated rings. The van der Waals surface area contributed by atoms with Crippen LogP contribution in [0.25, 0.3) is 0 Å². The summed E-state index contributed by atoms with van der Waals surface area (Å²) < 4.78 is 24.6. The van der Waals surface area contributed by atoms with E-state index >= 15 is 0 Å². The highest BCUT2D eigenvalue weighted by molar-refractivity contribution is 5.98. The summed E-state index contributed by atoms with van der Waals surface area (Å²) in [7, 11) is 0. The van der Waals surface area contributed by atoms with Gasteiger partial charge < -0.3 is 14.8 Å². The van der Waals surface area contributed by atoms with Gasteiger partial charge in [-0.1, -0.05) is 18.2 Å². The zero-order valence-corrected chi connectivity index (χ0v) is 14.3. The van der Waals surface area contributed by atoms with Gasteiger partial charge in [-0.05, 0) is 24.3 Å². The molecule has 2 aromatic carbocycles. The van der Waals surface area contributed by atoms with Crippen molar-refractivity contribution in [2.45, 2.75) is 25.8 Å². The molecule has 3 rings (SSSR count). The highest BCUT2D eigenvalue weighted by Gasteiger charge is 2.15. The maximum absolute atomic E-state index is 13.5. The summed E-state index contributed by atoms with van der Waals surface area (Å²) in [5.74, 6) is 0.368. The number of hydrogen-bond acceptors (Lipinski definition) is 4. The molecule has 1 N–H and O–H groups in total. The first-order chi connectivity index (χ1) is 12.6. The van der Waals surface area contributed by atoms with Crippen LogP contribution in [0.1, 0.15) is 35.2 Å². The molecule has 136 valence electrons. The lowest BCUT2D eigenvalue weighted by molar-refractivity contribution is -0.121. The lowest BCUT2D eigenvalue weighted by atomic mass is 10.1. The van der Waals surface area contributed by atoms with Crippen LogP contribution < -0.4 is 14.8 Å². The second-order valence-electron chi connectivity index (χ2n) is 6.00. The summed E-state index contributed by atoms with van der Waals surface area (Å²) in [6.07, 6.45) is 0.907. The Bertz CT molecular complexity index is 806. The average Bonchev–Trinajstić information content (AvgIpc) is 2.90. The number of carbonyl (C=O) groups excluding carboxylic acids is 2. The molecule has 1 amide bonds. The maximum atomic E-state index is 13.5. The van der Waals surface area contributed by atoms with Crippen molar-refractivity contribution in [3.63, 3.8) is 0 Å². The lowest BCUT2D eigenvalue weighted by Crippen LogP contribution is -2.23. The molecule has 0 atom stereocenters. The second-order valence-corrected chi connectivity index (χ2v) is 6.00. The number of ether oxygens (including phenoxy) is 2. The standard InChI is InChI=1S/C20H20FNO4/c21-16-5-2-1-4-15(16)13-22-20(24)9-7-17(23)14-6-8-18-19(12-14)26-11-3-10-25-18/h1-2,4-6,8,12H,3,7,9-11,13H2,(H,22,24). The Balaban J connectivity index is 1.51. The van der Waals surface area contributed by atoms with Gasteiger partial charge in [-0.3, -0.25) is 9.59 Å². The van der Waals surface area contributed by atoms with Crippen molar-refractivity contribution in [3.05, 3.63) is 59.4 Å². The average molecular weight is 357 g/mol. The van der Waals surface area contributed by atoms with Crippen LogP contribution in [0.4, 0.5) is 4.39 Å². The minimum atomic E-state index is -0.365. The predicted octanol–water partition coefficient (Wildman–Crippen LogP) is 3.27. The summed E-state index contributed by atoms with van der Waals surface area (Å²) in [6.45, 7) is 1.23. The van der Waals surface area contributed by atoms with Crippen LogP contribution in [0.5, 0.6) is 11.5 Å². The van der Waals surface area contributed by atoms with Gasteiger partial charge in [0.05, 0.1) is 13.2 Å². The third-order valence-corrected chi connectivity index (χ3v) is 4.08. The summed E-state index contributed by atoms with van der Waals surface area (Å²) in [5.41, 5.74) is 0.895. The highest BCUT2D eigenvalue weighted by Crippen LogP contribution is 2.30. The Kier molecular flexibility index (Phi) is 5.84. The Morgan fingerprint density at radius 1 is 1.00 bits per heavy atom. The van der Waals surface area contributed by atoms with Crippen LogP contribution in [0.15, 0.2) is 42.5 Å². The van der Waals surface area contributed by atoms with Gasteiger partial charge in [0.2, 0.25) is 5.91 Å². The number of fused-ring (bicyclic) bond motifs is 1. The first kappa shape index (κ1) is 17.9. The number of benzene rings is 2. The van der Waals surface area contributed by atoms with Crippen LogP contribution in [0.2, 0.25) is 0 Å². The van der Waals surface area contributed by atoms with Crippen molar-refractivity contribution in [2.75, 3.05) is 13.2 Å². The molecule has 0 aromatic heterocycles. The molecule has 5 nitrogen and oxygen atoms in total. The molecule has 6 heteroatoms. The fraction of sp³-hybridized carbons (Fsp3) is 0.300. The fourth-order valence-corrected chi connectivity index (χ4v) is 2.63. The molecule has 2 aromatic rings. The van der Waals surface area contributed by atoms with Gasteiger partial charge in [0.1, 0.15) is 5.82 Å². The summed E-state index contributed by atoms with van der Waals surface area (Å²) in [5, 5.41) is 2.63. The molecule has 0 aliphatic carbocycles. The Morgan fingerprint density at radius 2 is 1.77 bits per heavy atom. The van der Waals surface area contributed by atoms with Gasteiger partial charge in [-0.15, -0.1) is 0 Å². The van der Waals surface area contributed by atoms with E-state index in [4.69, 9.17) is 9.47 Å². The zero-order chi connectivity index (χ0) is 18.4. The van der Waals surface area contributed by atoms with Crippen molar-refractivity contribution in [3.8, 4) is 11.5 Å². The van der Waals surface area contributed by atoms with Crippen LogP contribution >= 0.6 is 0 Å². The monoisotopic (exact) mass is 357 g/mol. The van der Waals surface area contributed by atoms with E-state index < -0.39 is 0 Å². The molecule has 0 bridgehead atoms. The summed E-state index contributed by atoms with van der Waals surface area (Å²) in [4.78, 5) is 24.2. The molecule has 0 saturated heterocycles. The number of nitrogens with one attached hydrogen (secondary N) is 1. The molecule has 0 radical (unpaired) electrons. The first-order valence-corrected chi connectivity index (χ1v) is 8.56. The van der Waals surface area contributed by atoms with E-state index in [2.05, 4.69) is 5.32 Å². The number of Topliss-reactive ketones (excluding diaryl/α,β-unsaturated/α-hetero) is 1. The zero-order valence-electron chi connectivity index (χ0n) is 14.3. The van der Waals surface area contributed by atoms with Crippen LogP contribution in [-0.4, -0.2) is 24.9 Å². The topological polar surface area (TPSA) is 64.6 Å². The SMILES string of the molecule is O=C(CCC(=O)c1ccc2c(c1)OCCCO2)NCc1ccccc1F. The van der Waals surface area contributed by atoms with Crippen LogP contribution in [0, 0.1) is 5.82 Å². The van der Waals surface area contributed by atoms with E-state index in [9.17, 15) is 14.0 Å². The molecule has 26 heavy (non-hydrogen) atoms. The predicted molar refractivity (Wildman–Crippen MR) is 93.9 cm³/mol. The van der Waals surface area contributed by atoms with Crippen molar-refractivity contribution in [1.82, 2.24) is 5.32 Å². The summed E-state index contributed by atoms with van der Waals surface area (Å²) >= 11 is 0. The van der Waals surface area contributed by atoms with E-state index in [-0.39, 0.29) is 36.9 Å². The Morgan fingerprint density at radius 3 is 2.58 bits per heavy atom. The molecule has 1 heterocycles. The summed E-state index contributed by atoms with van der Waals surface area (Å²) in [6, 6.07) is 11.3. The minimum Gasteiger partial charge on any atom is -0.490 e. The normalized spacial score (nSPS) is 13.0. The van der Waals surface area contributed by atoms with Gasteiger partial charge in [0, 0.05) is 36.9 Å². The van der Waals surface area contributed by atoms with Gasteiger partial charge >= 0.3 is 0 Å². The van der Waals surface area contributed by atoms with Gasteiger partial charge in [-0.2, -0.15) is 0 Å². The molecule has 0 saturated carbocycles. The molecular formula is C20H20FNO4. The number of rotatable bonds is 6. The number of halogens is 1. The number of hydrogen-bond donors (Lipinski definition) is 1. The molecule has 0 spiro atoms. The van der Waals surface area contributed by atoms with E-state index in [1.165, 1.54) is 6.07 Å². The number of amides is 1.